The molecule has 8 heteroatoms. The first kappa shape index (κ1) is 17.5. The highest BCUT2D eigenvalue weighted by Gasteiger charge is 2.18. The summed E-state index contributed by atoms with van der Waals surface area (Å²) in [5.41, 5.74) is 1.52. The van der Waals surface area contributed by atoms with Crippen molar-refractivity contribution in [2.75, 3.05) is 0 Å². The lowest BCUT2D eigenvalue weighted by Gasteiger charge is -2.18. The average molecular weight is 378 g/mol. The van der Waals surface area contributed by atoms with Crippen LogP contribution in [0.3, 0.4) is 0 Å². The van der Waals surface area contributed by atoms with Crippen LogP contribution in [-0.2, 0) is 0 Å². The molecule has 2 heterocycles. The molecule has 2 amide bonds. The van der Waals surface area contributed by atoms with Gasteiger partial charge >= 0.3 is 6.03 Å². The van der Waals surface area contributed by atoms with Gasteiger partial charge in [0.25, 0.3) is 0 Å². The molecule has 0 saturated heterocycles. The Bertz CT molecular complexity index is 911. The van der Waals surface area contributed by atoms with E-state index in [1.54, 1.807) is 18.2 Å². The number of amides is 2. The van der Waals surface area contributed by atoms with Crippen LogP contribution in [-0.4, -0.2) is 20.6 Å². The Kier molecular flexibility index (Phi) is 5.11. The van der Waals surface area contributed by atoms with Crippen molar-refractivity contribution in [3.8, 4) is 0 Å². The van der Waals surface area contributed by atoms with Gasteiger partial charge in [0.1, 0.15) is 0 Å². The lowest BCUT2D eigenvalue weighted by Crippen LogP contribution is -2.39. The van der Waals surface area contributed by atoms with Crippen LogP contribution in [0, 0.1) is 0 Å². The van der Waals surface area contributed by atoms with Crippen LogP contribution in [0.5, 0.6) is 0 Å². The van der Waals surface area contributed by atoms with Gasteiger partial charge in [-0.3, -0.25) is 4.40 Å². The smallest absolute Gasteiger partial charge is 0.315 e. The maximum Gasteiger partial charge on any atom is 0.315 e. The fourth-order valence-electron chi connectivity index (χ4n) is 2.59. The Hall–Kier alpha value is -2.31. The topological polar surface area (TPSA) is 71.3 Å². The molecular weight excluding hydrogens is 361 g/mol. The van der Waals surface area contributed by atoms with Crippen LogP contribution < -0.4 is 10.6 Å². The van der Waals surface area contributed by atoms with Crippen molar-refractivity contribution < 1.29 is 4.79 Å². The van der Waals surface area contributed by atoms with E-state index in [0.29, 0.717) is 15.9 Å². The summed E-state index contributed by atoms with van der Waals surface area (Å²) in [4.78, 5) is 12.3. The van der Waals surface area contributed by atoms with E-state index in [9.17, 15) is 4.79 Å². The zero-order valence-electron chi connectivity index (χ0n) is 13.7. The average Bonchev–Trinajstić information content (AvgIpc) is 2.98. The molecule has 3 aromatic rings. The molecule has 25 heavy (non-hydrogen) atoms. The monoisotopic (exact) mass is 377 g/mol. The quantitative estimate of drug-likeness (QED) is 0.716. The highest BCUT2D eigenvalue weighted by molar-refractivity contribution is 6.35. The molecule has 0 aliphatic rings. The van der Waals surface area contributed by atoms with E-state index in [4.69, 9.17) is 23.2 Å². The van der Waals surface area contributed by atoms with Crippen molar-refractivity contribution in [1.29, 1.82) is 0 Å². The fraction of sp³-hybridized carbons (Fsp3) is 0.235. The predicted molar refractivity (Wildman–Crippen MR) is 97.9 cm³/mol. The highest BCUT2D eigenvalue weighted by atomic mass is 35.5. The molecule has 0 aliphatic heterocycles. The van der Waals surface area contributed by atoms with Gasteiger partial charge in [0, 0.05) is 16.2 Å². The molecule has 2 N–H and O–H groups in total. The third-order valence-corrected chi connectivity index (χ3v) is 4.41. The minimum Gasteiger partial charge on any atom is -0.332 e. The molecule has 1 aromatic carbocycles. The van der Waals surface area contributed by atoms with Crippen molar-refractivity contribution in [2.24, 2.45) is 0 Å². The summed E-state index contributed by atoms with van der Waals surface area (Å²) in [7, 11) is 0. The van der Waals surface area contributed by atoms with Crippen LogP contribution in [0.25, 0.3) is 5.65 Å². The summed E-state index contributed by atoms with van der Waals surface area (Å²) in [5, 5.41) is 15.0. The first-order valence-electron chi connectivity index (χ1n) is 7.77. The maximum atomic E-state index is 12.3. The van der Waals surface area contributed by atoms with E-state index < -0.39 is 0 Å². The fourth-order valence-corrected chi connectivity index (χ4v) is 3.16. The number of carbonyl (C=O) groups excluding carboxylic acids is 1. The van der Waals surface area contributed by atoms with Crippen molar-refractivity contribution in [2.45, 2.75) is 25.9 Å². The van der Waals surface area contributed by atoms with Gasteiger partial charge in [0.05, 0.1) is 12.1 Å². The number of hydrogen-bond acceptors (Lipinski definition) is 3. The second-order valence-corrected chi connectivity index (χ2v) is 6.56. The molecule has 6 nitrogen and oxygen atoms in total. The van der Waals surface area contributed by atoms with E-state index in [-0.39, 0.29) is 18.1 Å². The Morgan fingerprint density at radius 2 is 1.84 bits per heavy atom. The number of benzene rings is 1. The third kappa shape index (κ3) is 3.86. The number of urea groups is 1. The van der Waals surface area contributed by atoms with Crippen molar-refractivity contribution in [3.05, 3.63) is 64.0 Å². The lowest BCUT2D eigenvalue weighted by atomic mass is 10.1. The number of carbonyl (C=O) groups is 1. The van der Waals surface area contributed by atoms with E-state index in [1.807, 2.05) is 42.6 Å². The zero-order valence-corrected chi connectivity index (χ0v) is 15.2. The van der Waals surface area contributed by atoms with E-state index >= 15 is 0 Å². The van der Waals surface area contributed by atoms with Gasteiger partial charge in [-0.2, -0.15) is 0 Å². The van der Waals surface area contributed by atoms with Crippen LogP contribution in [0.15, 0.2) is 42.6 Å². The predicted octanol–water partition coefficient (Wildman–Crippen LogP) is 4.16. The zero-order chi connectivity index (χ0) is 18.0. The molecule has 0 spiro atoms. The van der Waals surface area contributed by atoms with Gasteiger partial charge in [-0.15, -0.1) is 10.2 Å². The second kappa shape index (κ2) is 7.29. The van der Waals surface area contributed by atoms with Gasteiger partial charge in [-0.25, -0.2) is 4.79 Å². The number of halogens is 2. The molecule has 2 atom stereocenters. The first-order chi connectivity index (χ1) is 12.0. The van der Waals surface area contributed by atoms with E-state index in [2.05, 4.69) is 20.8 Å². The molecule has 0 fully saturated rings. The Morgan fingerprint density at radius 3 is 2.60 bits per heavy atom. The van der Waals surface area contributed by atoms with Gasteiger partial charge in [0.15, 0.2) is 11.5 Å². The van der Waals surface area contributed by atoms with E-state index in [0.717, 1.165) is 11.2 Å². The number of aromatic nitrogens is 3. The van der Waals surface area contributed by atoms with Crippen LogP contribution in [0.1, 0.15) is 37.3 Å². The normalized spacial score (nSPS) is 13.4. The molecule has 2 aromatic heterocycles. The van der Waals surface area contributed by atoms with Gasteiger partial charge < -0.3 is 10.6 Å². The summed E-state index contributed by atoms with van der Waals surface area (Å²) in [5.74, 6) is 0.655. The number of nitrogens with zero attached hydrogens (tertiary/aromatic N) is 3. The summed E-state index contributed by atoms with van der Waals surface area (Å²) >= 11 is 12.1. The Balaban J connectivity index is 1.67. The van der Waals surface area contributed by atoms with Crippen molar-refractivity contribution >= 4 is 34.9 Å². The molecule has 0 bridgehead atoms. The highest BCUT2D eigenvalue weighted by Crippen LogP contribution is 2.26. The van der Waals surface area contributed by atoms with Crippen LogP contribution in [0.4, 0.5) is 4.79 Å². The Morgan fingerprint density at radius 1 is 1.08 bits per heavy atom. The number of rotatable bonds is 4. The number of nitrogens with one attached hydrogen (secondary N) is 2. The summed E-state index contributed by atoms with van der Waals surface area (Å²) in [6, 6.07) is 9.91. The lowest BCUT2D eigenvalue weighted by molar-refractivity contribution is 0.234. The second-order valence-electron chi connectivity index (χ2n) is 5.71. The molecule has 0 aliphatic carbocycles. The molecular formula is C17H17Cl2N5O. The van der Waals surface area contributed by atoms with Crippen molar-refractivity contribution in [3.63, 3.8) is 0 Å². The summed E-state index contributed by atoms with van der Waals surface area (Å²) in [6.45, 7) is 3.70. The van der Waals surface area contributed by atoms with Gasteiger partial charge in [0.2, 0.25) is 0 Å². The third-order valence-electron chi connectivity index (χ3n) is 3.85. The van der Waals surface area contributed by atoms with Crippen LogP contribution >= 0.6 is 23.2 Å². The van der Waals surface area contributed by atoms with Gasteiger partial charge in [-0.1, -0.05) is 35.3 Å². The summed E-state index contributed by atoms with van der Waals surface area (Å²) in [6.07, 6.45) is 1.86. The minimum atomic E-state index is -0.321. The molecule has 0 radical (unpaired) electrons. The van der Waals surface area contributed by atoms with Crippen molar-refractivity contribution in [1.82, 2.24) is 25.2 Å². The number of hydrogen-bond donors (Lipinski definition) is 2. The molecule has 130 valence electrons. The molecule has 0 saturated carbocycles. The first-order valence-corrected chi connectivity index (χ1v) is 8.53. The Labute approximate surface area is 155 Å². The van der Waals surface area contributed by atoms with E-state index in [1.165, 1.54) is 0 Å². The molecule has 3 rings (SSSR count). The number of fused-ring (bicyclic) bond motifs is 1. The standard InChI is InChI=1S/C17H17Cl2N5O/c1-10(13-7-6-12(18)9-14(13)19)20-17(25)21-11(2)16-23-22-15-5-3-4-8-24(15)16/h3-11H,1-2H3,(H2,20,21,25). The van der Waals surface area contributed by atoms with Gasteiger partial charge in [-0.05, 0) is 43.7 Å². The number of pyridine rings is 1. The minimum absolute atomic E-state index is 0.271. The summed E-state index contributed by atoms with van der Waals surface area (Å²) < 4.78 is 1.84. The maximum absolute atomic E-state index is 12.3. The SMILES string of the molecule is CC(NC(=O)NC(C)c1nnc2ccccn12)c1ccc(Cl)cc1Cl. The molecule has 2 unspecified atom stereocenters. The largest absolute Gasteiger partial charge is 0.332 e. The van der Waals surface area contributed by atoms with Crippen LogP contribution in [0.2, 0.25) is 10.0 Å².